The maximum Gasteiger partial charge on any atom is 0.225 e. The van der Waals surface area contributed by atoms with Crippen LogP contribution in [0.3, 0.4) is 0 Å². The molecule has 2 N–H and O–H groups in total. The predicted molar refractivity (Wildman–Crippen MR) is 101 cm³/mol. The van der Waals surface area contributed by atoms with Gasteiger partial charge in [-0.25, -0.2) is 9.37 Å². The Bertz CT molecular complexity index is 869. The summed E-state index contributed by atoms with van der Waals surface area (Å²) in [7, 11) is 0. The number of nitrogens with zero attached hydrogens (tertiary/aromatic N) is 2. The molecule has 0 fully saturated rings. The van der Waals surface area contributed by atoms with Gasteiger partial charge in [0.1, 0.15) is 11.6 Å². The van der Waals surface area contributed by atoms with Gasteiger partial charge in [-0.05, 0) is 32.0 Å². The highest BCUT2D eigenvalue weighted by atomic mass is 35.5. The number of benzene rings is 2. The van der Waals surface area contributed by atoms with Gasteiger partial charge in [0.2, 0.25) is 5.95 Å². The van der Waals surface area contributed by atoms with Gasteiger partial charge in [-0.3, -0.25) is 0 Å². The first-order valence-electron chi connectivity index (χ1n) is 7.94. The standard InChI is InChI=1S/C19H18ClFN4/c1-12(2)22-19-24-16(13-6-4-3-5-7-13)11-18(25-19)23-17-10-14(20)8-9-15(17)21/h3-12H,1-2H3,(H2,22,23,24,25). The highest BCUT2D eigenvalue weighted by molar-refractivity contribution is 6.30. The van der Waals surface area contributed by atoms with Crippen molar-refractivity contribution in [3.8, 4) is 11.3 Å². The molecule has 128 valence electrons. The normalized spacial score (nSPS) is 10.8. The van der Waals surface area contributed by atoms with Crippen LogP contribution in [0.4, 0.5) is 21.8 Å². The number of nitrogens with one attached hydrogen (secondary N) is 2. The lowest BCUT2D eigenvalue weighted by Crippen LogP contribution is -2.13. The first-order chi connectivity index (χ1) is 12.0. The lowest BCUT2D eigenvalue weighted by Gasteiger charge is -2.13. The molecule has 0 bridgehead atoms. The first-order valence-corrected chi connectivity index (χ1v) is 8.32. The maximum atomic E-state index is 14.0. The quantitative estimate of drug-likeness (QED) is 0.633. The Morgan fingerprint density at radius 2 is 1.76 bits per heavy atom. The van der Waals surface area contributed by atoms with Crippen molar-refractivity contribution >= 4 is 29.1 Å². The molecule has 0 aliphatic rings. The van der Waals surface area contributed by atoms with Gasteiger partial charge in [0.05, 0.1) is 11.4 Å². The summed E-state index contributed by atoms with van der Waals surface area (Å²) in [6.45, 7) is 4.00. The minimum absolute atomic E-state index is 0.168. The van der Waals surface area contributed by atoms with E-state index in [1.165, 1.54) is 18.2 Å². The molecule has 0 saturated heterocycles. The van der Waals surface area contributed by atoms with Gasteiger partial charge < -0.3 is 10.6 Å². The Morgan fingerprint density at radius 1 is 1.00 bits per heavy atom. The third-order valence-corrected chi connectivity index (χ3v) is 3.64. The number of hydrogen-bond acceptors (Lipinski definition) is 4. The van der Waals surface area contributed by atoms with Crippen molar-refractivity contribution in [2.75, 3.05) is 10.6 Å². The van der Waals surface area contributed by atoms with E-state index in [-0.39, 0.29) is 11.7 Å². The van der Waals surface area contributed by atoms with Crippen molar-refractivity contribution in [2.45, 2.75) is 19.9 Å². The van der Waals surface area contributed by atoms with Gasteiger partial charge in [0, 0.05) is 22.7 Å². The second kappa shape index (κ2) is 7.49. The van der Waals surface area contributed by atoms with Crippen LogP contribution >= 0.6 is 11.6 Å². The molecule has 3 aromatic rings. The van der Waals surface area contributed by atoms with E-state index < -0.39 is 5.82 Å². The van der Waals surface area contributed by atoms with Gasteiger partial charge in [-0.15, -0.1) is 0 Å². The van der Waals surface area contributed by atoms with Crippen LogP contribution in [-0.2, 0) is 0 Å². The van der Waals surface area contributed by atoms with Crippen LogP contribution in [0, 0.1) is 5.82 Å². The molecule has 0 radical (unpaired) electrons. The molecule has 4 nitrogen and oxygen atoms in total. The van der Waals surface area contributed by atoms with Crippen LogP contribution in [0.5, 0.6) is 0 Å². The van der Waals surface area contributed by atoms with Crippen molar-refractivity contribution in [3.63, 3.8) is 0 Å². The summed E-state index contributed by atoms with van der Waals surface area (Å²) in [5.74, 6) is 0.558. The number of aromatic nitrogens is 2. The van der Waals surface area contributed by atoms with Crippen molar-refractivity contribution in [2.24, 2.45) is 0 Å². The van der Waals surface area contributed by atoms with E-state index in [1.807, 2.05) is 44.2 Å². The summed E-state index contributed by atoms with van der Waals surface area (Å²) < 4.78 is 14.0. The molecular formula is C19H18ClFN4. The fourth-order valence-electron chi connectivity index (χ4n) is 2.32. The molecule has 1 aromatic heterocycles. The lowest BCUT2D eigenvalue weighted by atomic mass is 10.1. The summed E-state index contributed by atoms with van der Waals surface area (Å²) in [4.78, 5) is 8.97. The maximum absolute atomic E-state index is 14.0. The third-order valence-electron chi connectivity index (χ3n) is 3.40. The Hall–Kier alpha value is -2.66. The number of halogens is 2. The van der Waals surface area contributed by atoms with E-state index in [0.717, 1.165) is 11.3 Å². The second-order valence-corrected chi connectivity index (χ2v) is 6.31. The van der Waals surface area contributed by atoms with Crippen LogP contribution in [0.25, 0.3) is 11.3 Å². The van der Waals surface area contributed by atoms with Crippen molar-refractivity contribution in [3.05, 3.63) is 65.4 Å². The SMILES string of the molecule is CC(C)Nc1nc(Nc2cc(Cl)ccc2F)cc(-c2ccccc2)n1. The average Bonchev–Trinajstić information content (AvgIpc) is 2.58. The number of rotatable bonds is 5. The molecule has 6 heteroatoms. The highest BCUT2D eigenvalue weighted by Gasteiger charge is 2.10. The van der Waals surface area contributed by atoms with Crippen molar-refractivity contribution < 1.29 is 4.39 Å². The molecule has 0 aliphatic carbocycles. The van der Waals surface area contributed by atoms with E-state index in [2.05, 4.69) is 20.6 Å². The van der Waals surface area contributed by atoms with Gasteiger partial charge in [-0.2, -0.15) is 4.98 Å². The van der Waals surface area contributed by atoms with E-state index in [0.29, 0.717) is 16.8 Å². The fraction of sp³-hybridized carbons (Fsp3) is 0.158. The highest BCUT2D eigenvalue weighted by Crippen LogP contribution is 2.26. The van der Waals surface area contributed by atoms with E-state index in [4.69, 9.17) is 11.6 Å². The summed E-state index contributed by atoms with van der Waals surface area (Å²) in [6.07, 6.45) is 0. The van der Waals surface area contributed by atoms with Gasteiger partial charge in [-0.1, -0.05) is 41.9 Å². The second-order valence-electron chi connectivity index (χ2n) is 5.88. The zero-order valence-corrected chi connectivity index (χ0v) is 14.7. The third kappa shape index (κ3) is 4.45. The molecule has 0 spiro atoms. The van der Waals surface area contributed by atoms with Gasteiger partial charge in [0.25, 0.3) is 0 Å². The summed E-state index contributed by atoms with van der Waals surface area (Å²) >= 11 is 5.96. The molecule has 2 aromatic carbocycles. The van der Waals surface area contributed by atoms with Crippen LogP contribution in [0.1, 0.15) is 13.8 Å². The van der Waals surface area contributed by atoms with Crippen LogP contribution in [0.2, 0.25) is 5.02 Å². The Morgan fingerprint density at radius 3 is 2.48 bits per heavy atom. The molecule has 0 saturated carbocycles. The first kappa shape index (κ1) is 17.2. The molecule has 0 aliphatic heterocycles. The summed E-state index contributed by atoms with van der Waals surface area (Å²) in [5.41, 5.74) is 1.95. The van der Waals surface area contributed by atoms with Crippen molar-refractivity contribution in [1.82, 2.24) is 9.97 Å². The molecule has 0 unspecified atom stereocenters. The van der Waals surface area contributed by atoms with Crippen LogP contribution in [0.15, 0.2) is 54.6 Å². The monoisotopic (exact) mass is 356 g/mol. The number of anilines is 3. The van der Waals surface area contributed by atoms with E-state index in [1.54, 1.807) is 6.07 Å². The topological polar surface area (TPSA) is 49.8 Å². The zero-order valence-electron chi connectivity index (χ0n) is 13.9. The largest absolute Gasteiger partial charge is 0.352 e. The molecule has 25 heavy (non-hydrogen) atoms. The minimum atomic E-state index is -0.400. The minimum Gasteiger partial charge on any atom is -0.352 e. The molecule has 0 amide bonds. The predicted octanol–water partition coefficient (Wildman–Crippen LogP) is 5.50. The van der Waals surface area contributed by atoms with E-state index >= 15 is 0 Å². The molecule has 1 heterocycles. The molecule has 3 rings (SSSR count). The Labute approximate surface area is 151 Å². The van der Waals surface area contributed by atoms with Gasteiger partial charge in [0.15, 0.2) is 0 Å². The summed E-state index contributed by atoms with van der Waals surface area (Å²) in [6, 6.07) is 16.0. The Kier molecular flexibility index (Phi) is 5.14. The number of hydrogen-bond donors (Lipinski definition) is 2. The molecular weight excluding hydrogens is 339 g/mol. The van der Waals surface area contributed by atoms with Crippen LogP contribution < -0.4 is 10.6 Å². The van der Waals surface area contributed by atoms with Gasteiger partial charge >= 0.3 is 0 Å². The summed E-state index contributed by atoms with van der Waals surface area (Å²) in [5, 5.41) is 6.62. The molecule has 0 atom stereocenters. The lowest BCUT2D eigenvalue weighted by molar-refractivity contribution is 0.632. The van der Waals surface area contributed by atoms with Crippen molar-refractivity contribution in [1.29, 1.82) is 0 Å². The average molecular weight is 357 g/mol. The zero-order chi connectivity index (χ0) is 17.8. The van der Waals surface area contributed by atoms with E-state index in [9.17, 15) is 4.39 Å². The Balaban J connectivity index is 2.01. The fourth-order valence-corrected chi connectivity index (χ4v) is 2.49. The van der Waals surface area contributed by atoms with Crippen LogP contribution in [-0.4, -0.2) is 16.0 Å². The smallest absolute Gasteiger partial charge is 0.225 e.